The summed E-state index contributed by atoms with van der Waals surface area (Å²) in [4.78, 5) is 22.3. The summed E-state index contributed by atoms with van der Waals surface area (Å²) in [6.45, 7) is -0.639. The second-order valence-corrected chi connectivity index (χ2v) is 5.00. The van der Waals surface area contributed by atoms with Crippen molar-refractivity contribution >= 4 is 11.6 Å². The minimum atomic E-state index is -1.70. The standard InChI is InChI=1S/C13H16N2O8/c16-5-8-10(17)11(18)9(13(20)23-8)14-12(19)6-3-1-2-4-7(6)15(21)22/h1-4,8-11,13,16-18,20H,5H2,(H,14,19)/t8-,9-,10-,11-,13-/m1/s1. The van der Waals surface area contributed by atoms with Crippen molar-refractivity contribution < 1.29 is 34.9 Å². The SMILES string of the molecule is O=C(N[C@@H]1[C@@H](O)[C@H](O)[C@@H](CO)O[C@H]1O)c1ccccc1[N+](=O)[O-]. The number of aliphatic hydroxyl groups is 4. The minimum absolute atomic E-state index is 0.268. The molecule has 1 amide bonds. The Morgan fingerprint density at radius 3 is 2.52 bits per heavy atom. The maximum Gasteiger partial charge on any atom is 0.282 e. The maximum absolute atomic E-state index is 12.2. The van der Waals surface area contributed by atoms with E-state index in [1.165, 1.54) is 18.2 Å². The molecule has 0 radical (unpaired) electrons. The van der Waals surface area contributed by atoms with Crippen LogP contribution in [0.25, 0.3) is 0 Å². The summed E-state index contributed by atoms with van der Waals surface area (Å²) in [6, 6.07) is 3.74. The Bertz CT molecular complexity index is 595. The molecule has 1 heterocycles. The van der Waals surface area contributed by atoms with E-state index in [2.05, 4.69) is 5.32 Å². The molecule has 5 atom stereocenters. The van der Waals surface area contributed by atoms with Crippen molar-refractivity contribution in [3.8, 4) is 0 Å². The molecule has 1 fully saturated rings. The van der Waals surface area contributed by atoms with Gasteiger partial charge in [0.25, 0.3) is 11.6 Å². The van der Waals surface area contributed by atoms with Gasteiger partial charge < -0.3 is 30.5 Å². The van der Waals surface area contributed by atoms with Crippen molar-refractivity contribution in [2.75, 3.05) is 6.61 Å². The molecule has 10 nitrogen and oxygen atoms in total. The first-order valence-electron chi connectivity index (χ1n) is 6.71. The van der Waals surface area contributed by atoms with Gasteiger partial charge in [0.2, 0.25) is 0 Å². The van der Waals surface area contributed by atoms with E-state index in [1.807, 2.05) is 0 Å². The fourth-order valence-corrected chi connectivity index (χ4v) is 2.31. The number of ether oxygens (including phenoxy) is 1. The monoisotopic (exact) mass is 328 g/mol. The largest absolute Gasteiger partial charge is 0.394 e. The summed E-state index contributed by atoms with van der Waals surface area (Å²) < 4.78 is 4.89. The average molecular weight is 328 g/mol. The summed E-state index contributed by atoms with van der Waals surface area (Å²) in [7, 11) is 0. The van der Waals surface area contributed by atoms with Crippen LogP contribution < -0.4 is 5.32 Å². The van der Waals surface area contributed by atoms with Crippen LogP contribution >= 0.6 is 0 Å². The highest BCUT2D eigenvalue weighted by atomic mass is 16.6. The second-order valence-electron chi connectivity index (χ2n) is 5.00. The molecule has 10 heteroatoms. The molecule has 126 valence electrons. The molecule has 0 bridgehead atoms. The van der Waals surface area contributed by atoms with E-state index in [0.717, 1.165) is 6.07 Å². The third-order valence-corrected chi connectivity index (χ3v) is 3.54. The number of benzene rings is 1. The van der Waals surface area contributed by atoms with Gasteiger partial charge in [0, 0.05) is 6.07 Å². The lowest BCUT2D eigenvalue weighted by Crippen LogP contribution is -2.64. The third kappa shape index (κ3) is 3.46. The van der Waals surface area contributed by atoms with Crippen molar-refractivity contribution in [1.29, 1.82) is 0 Å². The summed E-state index contributed by atoms with van der Waals surface area (Å²) in [5.74, 6) is -0.918. The van der Waals surface area contributed by atoms with E-state index >= 15 is 0 Å². The lowest BCUT2D eigenvalue weighted by atomic mass is 9.96. The summed E-state index contributed by atoms with van der Waals surface area (Å²) in [6.07, 6.45) is -6.07. The second kappa shape index (κ2) is 6.98. The van der Waals surface area contributed by atoms with Crippen LogP contribution in [0.5, 0.6) is 0 Å². The Morgan fingerprint density at radius 1 is 1.26 bits per heavy atom. The van der Waals surface area contributed by atoms with Crippen LogP contribution in [-0.4, -0.2) is 68.5 Å². The minimum Gasteiger partial charge on any atom is -0.394 e. The van der Waals surface area contributed by atoms with Crippen LogP contribution in [0.15, 0.2) is 24.3 Å². The molecule has 1 aliphatic heterocycles. The van der Waals surface area contributed by atoms with Crippen molar-refractivity contribution in [2.45, 2.75) is 30.6 Å². The molecular formula is C13H16N2O8. The molecule has 0 aliphatic carbocycles. The van der Waals surface area contributed by atoms with Crippen molar-refractivity contribution in [3.63, 3.8) is 0 Å². The molecule has 0 spiro atoms. The lowest BCUT2D eigenvalue weighted by molar-refractivity contribution is -0.385. The molecule has 0 unspecified atom stereocenters. The third-order valence-electron chi connectivity index (χ3n) is 3.54. The van der Waals surface area contributed by atoms with Crippen molar-refractivity contribution in [2.24, 2.45) is 0 Å². The van der Waals surface area contributed by atoms with Crippen LogP contribution in [0.1, 0.15) is 10.4 Å². The van der Waals surface area contributed by atoms with Crippen molar-refractivity contribution in [1.82, 2.24) is 5.32 Å². The number of para-hydroxylation sites is 1. The van der Waals surface area contributed by atoms with Gasteiger partial charge in [0.15, 0.2) is 6.29 Å². The number of nitrogens with zero attached hydrogens (tertiary/aromatic N) is 1. The highest BCUT2D eigenvalue weighted by Crippen LogP contribution is 2.22. The van der Waals surface area contributed by atoms with E-state index in [0.29, 0.717) is 0 Å². The van der Waals surface area contributed by atoms with E-state index in [4.69, 9.17) is 9.84 Å². The van der Waals surface area contributed by atoms with E-state index in [-0.39, 0.29) is 5.56 Å². The number of hydrogen-bond acceptors (Lipinski definition) is 8. The number of carbonyl (C=O) groups is 1. The van der Waals surface area contributed by atoms with Gasteiger partial charge in [0.1, 0.15) is 29.9 Å². The average Bonchev–Trinajstić information content (AvgIpc) is 2.54. The van der Waals surface area contributed by atoms with Crippen LogP contribution in [0.4, 0.5) is 5.69 Å². The van der Waals surface area contributed by atoms with Crippen LogP contribution in [-0.2, 0) is 4.74 Å². The van der Waals surface area contributed by atoms with Crippen LogP contribution in [0.2, 0.25) is 0 Å². The fraction of sp³-hybridized carbons (Fsp3) is 0.462. The first-order valence-corrected chi connectivity index (χ1v) is 6.71. The normalized spacial score (nSPS) is 30.7. The molecule has 0 aromatic heterocycles. The number of nitro groups is 1. The number of aliphatic hydroxyl groups excluding tert-OH is 4. The summed E-state index contributed by atoms with van der Waals surface area (Å²) in [5.41, 5.74) is -0.713. The summed E-state index contributed by atoms with van der Waals surface area (Å²) >= 11 is 0. The van der Waals surface area contributed by atoms with Gasteiger partial charge in [-0.05, 0) is 6.07 Å². The quantitative estimate of drug-likeness (QED) is 0.317. The Hall–Kier alpha value is -2.11. The van der Waals surface area contributed by atoms with Crippen LogP contribution in [0.3, 0.4) is 0 Å². The van der Waals surface area contributed by atoms with Gasteiger partial charge in [-0.15, -0.1) is 0 Å². The number of carbonyl (C=O) groups excluding carboxylic acids is 1. The van der Waals surface area contributed by atoms with Gasteiger partial charge in [-0.1, -0.05) is 12.1 Å². The number of nitro benzene ring substituents is 1. The highest BCUT2D eigenvalue weighted by molar-refractivity contribution is 5.98. The van der Waals surface area contributed by atoms with E-state index in [1.54, 1.807) is 0 Å². The molecule has 1 aromatic rings. The smallest absolute Gasteiger partial charge is 0.282 e. The van der Waals surface area contributed by atoms with Crippen molar-refractivity contribution in [3.05, 3.63) is 39.9 Å². The molecule has 1 aliphatic rings. The first-order chi connectivity index (χ1) is 10.9. The van der Waals surface area contributed by atoms with Crippen LogP contribution in [0, 0.1) is 10.1 Å². The molecule has 1 saturated heterocycles. The predicted octanol–water partition coefficient (Wildman–Crippen LogP) is -1.88. The Kier molecular flexibility index (Phi) is 5.23. The topological polar surface area (TPSA) is 162 Å². The van der Waals surface area contributed by atoms with Gasteiger partial charge >= 0.3 is 0 Å². The molecule has 2 rings (SSSR count). The van der Waals surface area contributed by atoms with Gasteiger partial charge in [-0.2, -0.15) is 0 Å². The maximum atomic E-state index is 12.2. The van der Waals surface area contributed by atoms with E-state index < -0.39 is 53.8 Å². The lowest BCUT2D eigenvalue weighted by Gasteiger charge is -2.40. The summed E-state index contributed by atoms with van der Waals surface area (Å²) in [5, 5.41) is 51.5. The Labute approximate surface area is 130 Å². The molecule has 23 heavy (non-hydrogen) atoms. The molecular weight excluding hydrogens is 312 g/mol. The van der Waals surface area contributed by atoms with Gasteiger partial charge in [-0.25, -0.2) is 0 Å². The zero-order chi connectivity index (χ0) is 17.1. The highest BCUT2D eigenvalue weighted by Gasteiger charge is 2.44. The fourth-order valence-electron chi connectivity index (χ4n) is 2.31. The van der Waals surface area contributed by atoms with E-state index in [9.17, 15) is 30.2 Å². The van der Waals surface area contributed by atoms with Gasteiger partial charge in [-0.3, -0.25) is 14.9 Å². The Balaban J connectivity index is 2.19. The molecule has 1 aromatic carbocycles. The number of rotatable bonds is 4. The number of nitrogens with one attached hydrogen (secondary N) is 1. The molecule has 5 N–H and O–H groups in total. The predicted molar refractivity (Wildman–Crippen MR) is 74.3 cm³/mol. The first kappa shape index (κ1) is 17.2. The molecule has 0 saturated carbocycles. The number of amides is 1. The van der Waals surface area contributed by atoms with Gasteiger partial charge in [0.05, 0.1) is 11.5 Å². The zero-order valence-corrected chi connectivity index (χ0v) is 11.8. The Morgan fingerprint density at radius 2 is 1.91 bits per heavy atom. The number of hydrogen-bond donors (Lipinski definition) is 5. The zero-order valence-electron chi connectivity index (χ0n) is 11.8.